The Morgan fingerprint density at radius 2 is 2.44 bits per heavy atom. The molecule has 84 valence electrons. The van der Waals surface area contributed by atoms with E-state index in [2.05, 4.69) is 9.97 Å². The maximum absolute atomic E-state index is 12.0. The van der Waals surface area contributed by atoms with Crippen molar-refractivity contribution in [1.82, 2.24) is 14.9 Å². The van der Waals surface area contributed by atoms with Crippen molar-refractivity contribution in [3.05, 3.63) is 40.1 Å². The number of H-pyrrole nitrogens is 1. The highest BCUT2D eigenvalue weighted by molar-refractivity contribution is 7.12. The predicted octanol–water partition coefficient (Wildman–Crippen LogP) is 2.05. The summed E-state index contributed by atoms with van der Waals surface area (Å²) in [6, 6.07) is 1.96. The molecule has 1 N–H and O–H groups in total. The Labute approximate surface area is 97.9 Å². The monoisotopic (exact) mass is 235 g/mol. The van der Waals surface area contributed by atoms with E-state index in [4.69, 9.17) is 0 Å². The van der Waals surface area contributed by atoms with Crippen molar-refractivity contribution in [2.45, 2.75) is 13.5 Å². The van der Waals surface area contributed by atoms with Crippen LogP contribution in [0.4, 0.5) is 0 Å². The van der Waals surface area contributed by atoms with Gasteiger partial charge in [-0.2, -0.15) is 0 Å². The van der Waals surface area contributed by atoms with Gasteiger partial charge in [-0.05, 0) is 23.9 Å². The Kier molecular flexibility index (Phi) is 3.05. The second kappa shape index (κ2) is 4.49. The first-order valence-electron chi connectivity index (χ1n) is 4.96. The summed E-state index contributed by atoms with van der Waals surface area (Å²) in [5, 5.41) is 1.93. The molecule has 4 nitrogen and oxygen atoms in total. The number of hydrogen-bond donors (Lipinski definition) is 1. The van der Waals surface area contributed by atoms with Crippen molar-refractivity contribution in [2.24, 2.45) is 0 Å². The summed E-state index contributed by atoms with van der Waals surface area (Å²) in [5.41, 5.74) is 1.03. The number of thiophene rings is 1. The topological polar surface area (TPSA) is 49.0 Å². The van der Waals surface area contributed by atoms with Crippen molar-refractivity contribution in [3.63, 3.8) is 0 Å². The van der Waals surface area contributed by atoms with E-state index in [-0.39, 0.29) is 5.91 Å². The van der Waals surface area contributed by atoms with Crippen LogP contribution in [0.5, 0.6) is 0 Å². The summed E-state index contributed by atoms with van der Waals surface area (Å²) in [6.45, 7) is 2.45. The fraction of sp³-hybridized carbons (Fsp3) is 0.273. The van der Waals surface area contributed by atoms with E-state index in [9.17, 15) is 4.79 Å². The van der Waals surface area contributed by atoms with Crippen molar-refractivity contribution < 1.29 is 4.79 Å². The Morgan fingerprint density at radius 3 is 3.00 bits per heavy atom. The fourth-order valence-corrected chi connectivity index (χ4v) is 2.36. The van der Waals surface area contributed by atoms with E-state index < -0.39 is 0 Å². The number of aromatic amines is 1. The molecule has 0 saturated heterocycles. The van der Waals surface area contributed by atoms with Crippen LogP contribution in [0.25, 0.3) is 0 Å². The molecule has 0 aliphatic carbocycles. The molecular formula is C11H13N3OS. The van der Waals surface area contributed by atoms with Crippen LogP contribution in [0.2, 0.25) is 0 Å². The van der Waals surface area contributed by atoms with Gasteiger partial charge in [0.1, 0.15) is 5.82 Å². The minimum atomic E-state index is 0.0453. The summed E-state index contributed by atoms with van der Waals surface area (Å²) in [6.07, 6.45) is 3.44. The molecule has 0 spiro atoms. The molecule has 0 saturated carbocycles. The smallest absolute Gasteiger partial charge is 0.264 e. The number of amides is 1. The molecule has 2 heterocycles. The van der Waals surface area contributed by atoms with Gasteiger partial charge in [0.2, 0.25) is 0 Å². The average Bonchev–Trinajstić information content (AvgIpc) is 2.88. The SMILES string of the molecule is Cc1ccsc1C(=O)N(C)Cc1ncc[nH]1. The van der Waals surface area contributed by atoms with E-state index in [1.54, 1.807) is 24.3 Å². The summed E-state index contributed by atoms with van der Waals surface area (Å²) < 4.78 is 0. The van der Waals surface area contributed by atoms with Gasteiger partial charge in [0.05, 0.1) is 11.4 Å². The Balaban J connectivity index is 2.08. The summed E-state index contributed by atoms with van der Waals surface area (Å²) >= 11 is 1.48. The van der Waals surface area contributed by atoms with E-state index in [1.165, 1.54) is 11.3 Å². The quantitative estimate of drug-likeness (QED) is 0.885. The number of aromatic nitrogens is 2. The lowest BCUT2D eigenvalue weighted by Crippen LogP contribution is -2.26. The maximum atomic E-state index is 12.0. The second-order valence-electron chi connectivity index (χ2n) is 3.63. The van der Waals surface area contributed by atoms with Gasteiger partial charge in [0.15, 0.2) is 0 Å². The van der Waals surface area contributed by atoms with Crippen LogP contribution in [0.3, 0.4) is 0 Å². The van der Waals surface area contributed by atoms with Gasteiger partial charge in [-0.3, -0.25) is 4.79 Å². The molecule has 0 aromatic carbocycles. The molecular weight excluding hydrogens is 222 g/mol. The highest BCUT2D eigenvalue weighted by Gasteiger charge is 2.15. The van der Waals surface area contributed by atoms with Crippen LogP contribution in [-0.2, 0) is 6.54 Å². The predicted molar refractivity (Wildman–Crippen MR) is 63.4 cm³/mol. The standard InChI is InChI=1S/C11H13N3OS/c1-8-3-6-16-10(8)11(15)14(2)7-9-12-4-5-13-9/h3-6H,7H2,1-2H3,(H,12,13). The second-order valence-corrected chi connectivity index (χ2v) is 4.55. The van der Waals surface area contributed by atoms with Crippen LogP contribution >= 0.6 is 11.3 Å². The molecule has 1 amide bonds. The minimum Gasteiger partial charge on any atom is -0.347 e. The number of carbonyl (C=O) groups is 1. The number of nitrogens with zero attached hydrogens (tertiary/aromatic N) is 2. The molecule has 0 aliphatic heterocycles. The molecule has 16 heavy (non-hydrogen) atoms. The summed E-state index contributed by atoms with van der Waals surface area (Å²) in [5.74, 6) is 0.842. The first kappa shape index (κ1) is 10.9. The number of hydrogen-bond acceptors (Lipinski definition) is 3. The van der Waals surface area contributed by atoms with Crippen molar-refractivity contribution in [2.75, 3.05) is 7.05 Å². The molecule has 2 aromatic rings. The fourth-order valence-electron chi connectivity index (χ4n) is 1.45. The summed E-state index contributed by atoms with van der Waals surface area (Å²) in [4.78, 5) is 21.6. The van der Waals surface area contributed by atoms with Gasteiger partial charge in [-0.1, -0.05) is 0 Å². The van der Waals surface area contributed by atoms with Crippen molar-refractivity contribution in [3.8, 4) is 0 Å². The van der Waals surface area contributed by atoms with Crippen LogP contribution in [-0.4, -0.2) is 27.8 Å². The number of nitrogens with one attached hydrogen (secondary N) is 1. The average molecular weight is 235 g/mol. The molecule has 0 radical (unpaired) electrons. The lowest BCUT2D eigenvalue weighted by molar-refractivity contribution is 0.0786. The van der Waals surface area contributed by atoms with E-state index >= 15 is 0 Å². The molecule has 0 fully saturated rings. The van der Waals surface area contributed by atoms with E-state index in [0.29, 0.717) is 6.54 Å². The van der Waals surface area contributed by atoms with E-state index in [1.807, 2.05) is 18.4 Å². The van der Waals surface area contributed by atoms with Crippen molar-refractivity contribution in [1.29, 1.82) is 0 Å². The third-order valence-corrected chi connectivity index (χ3v) is 3.35. The third kappa shape index (κ3) is 2.14. The lowest BCUT2D eigenvalue weighted by Gasteiger charge is -2.15. The third-order valence-electron chi connectivity index (χ3n) is 2.34. The molecule has 0 unspecified atom stereocenters. The zero-order valence-electron chi connectivity index (χ0n) is 9.23. The Morgan fingerprint density at radius 1 is 1.62 bits per heavy atom. The number of carbonyl (C=O) groups excluding carboxylic acids is 1. The molecule has 0 atom stereocenters. The number of rotatable bonds is 3. The van der Waals surface area contributed by atoms with Crippen molar-refractivity contribution >= 4 is 17.2 Å². The Bertz CT molecular complexity index is 475. The van der Waals surface area contributed by atoms with Crippen LogP contribution in [0, 0.1) is 6.92 Å². The van der Waals surface area contributed by atoms with Crippen LogP contribution < -0.4 is 0 Å². The lowest BCUT2D eigenvalue weighted by atomic mass is 10.2. The first-order chi connectivity index (χ1) is 7.68. The largest absolute Gasteiger partial charge is 0.347 e. The molecule has 2 rings (SSSR count). The Hall–Kier alpha value is -1.62. The normalized spacial score (nSPS) is 10.4. The van der Waals surface area contributed by atoms with E-state index in [0.717, 1.165) is 16.3 Å². The van der Waals surface area contributed by atoms with Gasteiger partial charge >= 0.3 is 0 Å². The number of aryl methyl sites for hydroxylation is 1. The zero-order chi connectivity index (χ0) is 11.5. The molecule has 5 heteroatoms. The van der Waals surface area contributed by atoms with Gasteiger partial charge in [-0.15, -0.1) is 11.3 Å². The maximum Gasteiger partial charge on any atom is 0.264 e. The highest BCUT2D eigenvalue weighted by atomic mass is 32.1. The van der Waals surface area contributed by atoms with Gasteiger partial charge in [0.25, 0.3) is 5.91 Å². The minimum absolute atomic E-state index is 0.0453. The highest BCUT2D eigenvalue weighted by Crippen LogP contribution is 2.17. The van der Waals surface area contributed by atoms with Crippen LogP contribution in [0.15, 0.2) is 23.8 Å². The van der Waals surface area contributed by atoms with Gasteiger partial charge < -0.3 is 9.88 Å². The molecule has 2 aromatic heterocycles. The number of imidazole rings is 1. The summed E-state index contributed by atoms with van der Waals surface area (Å²) in [7, 11) is 1.78. The zero-order valence-corrected chi connectivity index (χ0v) is 10.0. The molecule has 0 bridgehead atoms. The van der Waals surface area contributed by atoms with Gasteiger partial charge in [-0.25, -0.2) is 4.98 Å². The first-order valence-corrected chi connectivity index (χ1v) is 5.84. The molecule has 0 aliphatic rings. The van der Waals surface area contributed by atoms with Gasteiger partial charge in [0, 0.05) is 19.4 Å². The van der Waals surface area contributed by atoms with Crippen LogP contribution in [0.1, 0.15) is 21.1 Å².